The lowest BCUT2D eigenvalue weighted by Gasteiger charge is -2.41. The summed E-state index contributed by atoms with van der Waals surface area (Å²) in [6.07, 6.45) is 1.93. The minimum atomic E-state index is -0.194. The van der Waals surface area contributed by atoms with E-state index >= 15 is 0 Å². The van der Waals surface area contributed by atoms with E-state index in [1.54, 1.807) is 4.90 Å². The number of hydrogen-bond acceptors (Lipinski definition) is 5. The zero-order chi connectivity index (χ0) is 20.4. The minimum Gasteiger partial charge on any atom is -0.486 e. The molecule has 7 nitrogen and oxygen atoms in total. The number of carbonyl (C=O) groups is 1. The van der Waals surface area contributed by atoms with E-state index in [4.69, 9.17) is 14.2 Å². The molecule has 5 rings (SSSR count). The summed E-state index contributed by atoms with van der Waals surface area (Å²) in [5.74, 6) is 1.61. The van der Waals surface area contributed by atoms with Gasteiger partial charge in [0.1, 0.15) is 12.2 Å². The monoisotopic (exact) mass is 409 g/mol. The molecule has 0 unspecified atom stereocenters. The molecule has 3 aliphatic heterocycles. The Balaban J connectivity index is 1.26. The van der Waals surface area contributed by atoms with Crippen LogP contribution in [-0.4, -0.2) is 62.5 Å². The molecule has 2 saturated heterocycles. The predicted octanol–water partition coefficient (Wildman–Crippen LogP) is 3.11. The van der Waals surface area contributed by atoms with Gasteiger partial charge in [0.2, 0.25) is 0 Å². The fourth-order valence-corrected chi connectivity index (χ4v) is 4.20. The molecule has 0 radical (unpaired) electrons. The maximum Gasteiger partial charge on any atom is 0.321 e. The van der Waals surface area contributed by atoms with Crippen LogP contribution in [-0.2, 0) is 4.74 Å². The van der Waals surface area contributed by atoms with Gasteiger partial charge in [-0.15, -0.1) is 0 Å². The molecule has 2 amide bonds. The zero-order valence-corrected chi connectivity index (χ0v) is 17.0. The van der Waals surface area contributed by atoms with Crippen molar-refractivity contribution in [2.45, 2.75) is 18.4 Å². The van der Waals surface area contributed by atoms with Gasteiger partial charge < -0.3 is 29.7 Å². The highest BCUT2D eigenvalue weighted by atomic mass is 16.6. The first-order chi connectivity index (χ1) is 14.7. The number of rotatable bonds is 2. The van der Waals surface area contributed by atoms with Crippen LogP contribution in [0.4, 0.5) is 10.5 Å². The second kappa shape index (κ2) is 8.16. The maximum atomic E-state index is 12.3. The molecular formula is C23H27N3O4. The maximum absolute atomic E-state index is 12.3. The minimum absolute atomic E-state index is 0.0859. The van der Waals surface area contributed by atoms with Crippen LogP contribution in [0.3, 0.4) is 0 Å². The average Bonchev–Trinajstić information content (AvgIpc) is 2.80. The summed E-state index contributed by atoms with van der Waals surface area (Å²) in [5.41, 5.74) is 2.71. The molecule has 3 heterocycles. The van der Waals surface area contributed by atoms with E-state index < -0.39 is 0 Å². The van der Waals surface area contributed by atoms with Gasteiger partial charge in [-0.25, -0.2) is 4.79 Å². The summed E-state index contributed by atoms with van der Waals surface area (Å²) < 4.78 is 17.7. The summed E-state index contributed by atoms with van der Waals surface area (Å²) in [7, 11) is 0. The fourth-order valence-electron chi connectivity index (χ4n) is 4.20. The summed E-state index contributed by atoms with van der Waals surface area (Å²) in [6, 6.07) is 13.9. The quantitative estimate of drug-likeness (QED) is 0.798. The number of fused-ring (bicyclic) bond motifs is 1. The van der Waals surface area contributed by atoms with Gasteiger partial charge >= 0.3 is 6.03 Å². The number of hydrogen-bond donors (Lipinski definition) is 2. The summed E-state index contributed by atoms with van der Waals surface area (Å²) in [4.78, 5) is 14.1. The van der Waals surface area contributed by atoms with Crippen molar-refractivity contribution in [2.24, 2.45) is 0 Å². The third-order valence-corrected chi connectivity index (χ3v) is 6.04. The Morgan fingerprint density at radius 2 is 1.70 bits per heavy atom. The number of morpholine rings is 1. The number of amides is 2. The van der Waals surface area contributed by atoms with E-state index in [0.29, 0.717) is 32.9 Å². The van der Waals surface area contributed by atoms with E-state index in [1.807, 2.05) is 36.4 Å². The lowest BCUT2D eigenvalue weighted by Crippen LogP contribution is -2.51. The standard InChI is InChI=1S/C23H27N3O4/c27-22(26-11-13-28-14-12-26)25-19-4-1-17(2-5-19)18-3-6-20-21(15-18)29-16-23(30-20)7-9-24-10-8-23/h1-6,15,24H,7-14,16H2,(H,25,27). The first-order valence-electron chi connectivity index (χ1n) is 10.6. The van der Waals surface area contributed by atoms with Crippen molar-refractivity contribution in [1.29, 1.82) is 0 Å². The highest BCUT2D eigenvalue weighted by molar-refractivity contribution is 5.89. The van der Waals surface area contributed by atoms with Crippen molar-refractivity contribution in [3.8, 4) is 22.6 Å². The molecule has 30 heavy (non-hydrogen) atoms. The van der Waals surface area contributed by atoms with Crippen LogP contribution < -0.4 is 20.1 Å². The van der Waals surface area contributed by atoms with Gasteiger partial charge in [0, 0.05) is 31.6 Å². The third kappa shape index (κ3) is 3.95. The summed E-state index contributed by atoms with van der Waals surface area (Å²) in [5, 5.41) is 6.33. The lowest BCUT2D eigenvalue weighted by atomic mass is 9.92. The second-order valence-corrected chi connectivity index (χ2v) is 8.09. The van der Waals surface area contributed by atoms with E-state index in [1.165, 1.54) is 0 Å². The van der Waals surface area contributed by atoms with Gasteiger partial charge in [-0.05, 0) is 48.5 Å². The molecule has 2 N–H and O–H groups in total. The highest BCUT2D eigenvalue weighted by Crippen LogP contribution is 2.41. The predicted molar refractivity (Wildman–Crippen MR) is 114 cm³/mol. The molecule has 0 atom stereocenters. The highest BCUT2D eigenvalue weighted by Gasteiger charge is 2.39. The van der Waals surface area contributed by atoms with Gasteiger partial charge in [-0.3, -0.25) is 0 Å². The SMILES string of the molecule is O=C(Nc1ccc(-c2ccc3c(c2)OCC2(CCNCC2)O3)cc1)N1CCOCC1. The van der Waals surface area contributed by atoms with Crippen LogP contribution in [0.5, 0.6) is 11.5 Å². The number of urea groups is 1. The fraction of sp³-hybridized carbons (Fsp3) is 0.435. The molecule has 0 bridgehead atoms. The normalized spacial score (nSPS) is 20.1. The molecular weight excluding hydrogens is 382 g/mol. The Bertz CT molecular complexity index is 903. The smallest absolute Gasteiger partial charge is 0.321 e. The van der Waals surface area contributed by atoms with E-state index in [0.717, 1.165) is 54.2 Å². The average molecular weight is 409 g/mol. The van der Waals surface area contributed by atoms with Crippen molar-refractivity contribution in [2.75, 3.05) is 51.3 Å². The van der Waals surface area contributed by atoms with Crippen molar-refractivity contribution in [3.05, 3.63) is 42.5 Å². The number of piperidine rings is 1. The van der Waals surface area contributed by atoms with Gasteiger partial charge in [-0.2, -0.15) is 0 Å². The van der Waals surface area contributed by atoms with Crippen molar-refractivity contribution in [1.82, 2.24) is 10.2 Å². The number of carbonyl (C=O) groups excluding carboxylic acids is 1. The molecule has 2 fully saturated rings. The van der Waals surface area contributed by atoms with Crippen LogP contribution in [0.25, 0.3) is 11.1 Å². The van der Waals surface area contributed by atoms with E-state index in [2.05, 4.69) is 16.7 Å². The van der Waals surface area contributed by atoms with E-state index in [-0.39, 0.29) is 11.6 Å². The zero-order valence-electron chi connectivity index (χ0n) is 17.0. The Kier molecular flexibility index (Phi) is 5.23. The van der Waals surface area contributed by atoms with Gasteiger partial charge in [-0.1, -0.05) is 18.2 Å². The lowest BCUT2D eigenvalue weighted by molar-refractivity contribution is -0.0301. The van der Waals surface area contributed by atoms with E-state index in [9.17, 15) is 4.79 Å². The molecule has 7 heteroatoms. The second-order valence-electron chi connectivity index (χ2n) is 8.09. The van der Waals surface area contributed by atoms with Gasteiger partial charge in [0.15, 0.2) is 11.5 Å². The number of nitrogens with zero attached hydrogens (tertiary/aromatic N) is 1. The molecule has 158 valence electrons. The molecule has 2 aromatic carbocycles. The first kappa shape index (κ1) is 19.2. The molecule has 0 aromatic heterocycles. The molecule has 0 aliphatic carbocycles. The number of anilines is 1. The van der Waals surface area contributed by atoms with Crippen LogP contribution in [0.1, 0.15) is 12.8 Å². The van der Waals surface area contributed by atoms with Crippen molar-refractivity contribution >= 4 is 11.7 Å². The molecule has 0 saturated carbocycles. The Morgan fingerprint density at radius 1 is 0.967 bits per heavy atom. The van der Waals surface area contributed by atoms with Gasteiger partial charge in [0.25, 0.3) is 0 Å². The Labute approximate surface area is 176 Å². The largest absolute Gasteiger partial charge is 0.486 e. The third-order valence-electron chi connectivity index (χ3n) is 6.04. The number of nitrogens with one attached hydrogen (secondary N) is 2. The Morgan fingerprint density at radius 3 is 2.47 bits per heavy atom. The summed E-state index contributed by atoms with van der Waals surface area (Å²) >= 11 is 0. The molecule has 3 aliphatic rings. The van der Waals surface area contributed by atoms with Crippen LogP contribution >= 0.6 is 0 Å². The van der Waals surface area contributed by atoms with Crippen LogP contribution in [0.15, 0.2) is 42.5 Å². The number of ether oxygens (including phenoxy) is 3. The van der Waals surface area contributed by atoms with Gasteiger partial charge in [0.05, 0.1) is 13.2 Å². The van der Waals surface area contributed by atoms with Crippen LogP contribution in [0, 0.1) is 0 Å². The number of benzene rings is 2. The first-order valence-corrected chi connectivity index (χ1v) is 10.6. The Hall–Kier alpha value is -2.77. The van der Waals surface area contributed by atoms with Crippen molar-refractivity contribution < 1.29 is 19.0 Å². The summed E-state index contributed by atoms with van der Waals surface area (Å²) in [6.45, 7) is 4.95. The molecule has 1 spiro atoms. The van der Waals surface area contributed by atoms with Crippen LogP contribution in [0.2, 0.25) is 0 Å². The van der Waals surface area contributed by atoms with Crippen molar-refractivity contribution in [3.63, 3.8) is 0 Å². The molecule has 2 aromatic rings. The topological polar surface area (TPSA) is 72.1 Å².